The molecule has 2 aromatic heterocycles. The number of ketones is 1. The lowest BCUT2D eigenvalue weighted by Gasteiger charge is -2.01. The van der Waals surface area contributed by atoms with E-state index in [1.807, 2.05) is 13.8 Å². The summed E-state index contributed by atoms with van der Waals surface area (Å²) in [5.41, 5.74) is 2.00. The molecule has 17 heavy (non-hydrogen) atoms. The molecular formula is C12H14ClN3O. The quantitative estimate of drug-likeness (QED) is 0.785. The van der Waals surface area contributed by atoms with Crippen molar-refractivity contribution < 1.29 is 4.79 Å². The molecule has 0 fully saturated rings. The predicted octanol–water partition coefficient (Wildman–Crippen LogP) is 2.93. The van der Waals surface area contributed by atoms with Crippen LogP contribution >= 0.6 is 11.6 Å². The number of Topliss-reactive ketones (excluding diaryl/α,β-unsaturated/α-hetero) is 1. The summed E-state index contributed by atoms with van der Waals surface area (Å²) in [4.78, 5) is 20.4. The molecule has 0 aliphatic rings. The maximum atomic E-state index is 12.1. The van der Waals surface area contributed by atoms with Crippen molar-refractivity contribution in [2.75, 3.05) is 0 Å². The van der Waals surface area contributed by atoms with Crippen LogP contribution in [0.15, 0.2) is 12.4 Å². The van der Waals surface area contributed by atoms with E-state index in [9.17, 15) is 4.79 Å². The minimum Gasteiger partial charge on any atom is -0.293 e. The SMILES string of the molecule is CCCC(=O)c1c(CC)nc2c(Cl)nccn12. The number of aryl methyl sites for hydroxylation is 1. The number of hydrogen-bond acceptors (Lipinski definition) is 3. The van der Waals surface area contributed by atoms with Gasteiger partial charge in [0.05, 0.1) is 5.69 Å². The van der Waals surface area contributed by atoms with Crippen LogP contribution in [0.3, 0.4) is 0 Å². The molecule has 0 unspecified atom stereocenters. The van der Waals surface area contributed by atoms with E-state index in [1.165, 1.54) is 0 Å². The zero-order valence-electron chi connectivity index (χ0n) is 9.90. The molecule has 4 nitrogen and oxygen atoms in total. The molecule has 0 N–H and O–H groups in total. The van der Waals surface area contributed by atoms with Crippen molar-refractivity contribution >= 4 is 23.0 Å². The minimum atomic E-state index is 0.110. The highest BCUT2D eigenvalue weighted by Crippen LogP contribution is 2.20. The van der Waals surface area contributed by atoms with Crippen LogP contribution in [0.25, 0.3) is 5.65 Å². The van der Waals surface area contributed by atoms with Crippen molar-refractivity contribution in [1.29, 1.82) is 0 Å². The Labute approximate surface area is 105 Å². The minimum absolute atomic E-state index is 0.110. The van der Waals surface area contributed by atoms with Crippen LogP contribution in [0.5, 0.6) is 0 Å². The third-order valence-electron chi connectivity index (χ3n) is 2.65. The smallest absolute Gasteiger partial charge is 0.181 e. The van der Waals surface area contributed by atoms with Gasteiger partial charge in [0.2, 0.25) is 0 Å². The fourth-order valence-corrected chi connectivity index (χ4v) is 2.07. The van der Waals surface area contributed by atoms with Gasteiger partial charge in [0.1, 0.15) is 5.69 Å². The summed E-state index contributed by atoms with van der Waals surface area (Å²) in [7, 11) is 0. The highest BCUT2D eigenvalue weighted by atomic mass is 35.5. The molecule has 2 aromatic rings. The van der Waals surface area contributed by atoms with Crippen molar-refractivity contribution in [3.8, 4) is 0 Å². The third-order valence-corrected chi connectivity index (χ3v) is 2.91. The summed E-state index contributed by atoms with van der Waals surface area (Å²) in [6.07, 6.45) is 5.38. The summed E-state index contributed by atoms with van der Waals surface area (Å²) >= 11 is 5.98. The summed E-state index contributed by atoms with van der Waals surface area (Å²) in [5, 5.41) is 0.331. The van der Waals surface area contributed by atoms with Gasteiger partial charge in [-0.15, -0.1) is 0 Å². The fourth-order valence-electron chi connectivity index (χ4n) is 1.88. The summed E-state index contributed by atoms with van der Waals surface area (Å²) in [6.45, 7) is 3.97. The molecule has 2 rings (SSSR count). The first-order valence-corrected chi connectivity index (χ1v) is 6.11. The first-order chi connectivity index (χ1) is 8.19. The summed E-state index contributed by atoms with van der Waals surface area (Å²) in [5.74, 6) is 0.110. The van der Waals surface area contributed by atoms with Crippen LogP contribution in [0.4, 0.5) is 0 Å². The van der Waals surface area contributed by atoms with Gasteiger partial charge in [-0.2, -0.15) is 0 Å². The Hall–Kier alpha value is -1.42. The van der Waals surface area contributed by atoms with Gasteiger partial charge < -0.3 is 0 Å². The molecular weight excluding hydrogens is 238 g/mol. The Morgan fingerprint density at radius 3 is 2.88 bits per heavy atom. The predicted molar refractivity (Wildman–Crippen MR) is 66.6 cm³/mol. The van der Waals surface area contributed by atoms with E-state index < -0.39 is 0 Å². The number of halogens is 1. The van der Waals surface area contributed by atoms with Gasteiger partial charge in [-0.3, -0.25) is 9.20 Å². The zero-order chi connectivity index (χ0) is 12.4. The van der Waals surface area contributed by atoms with E-state index in [1.54, 1.807) is 16.8 Å². The van der Waals surface area contributed by atoms with E-state index in [-0.39, 0.29) is 5.78 Å². The number of hydrogen-bond donors (Lipinski definition) is 0. The highest BCUT2D eigenvalue weighted by Gasteiger charge is 2.18. The molecule has 0 amide bonds. The maximum Gasteiger partial charge on any atom is 0.181 e. The molecule has 0 saturated carbocycles. The largest absolute Gasteiger partial charge is 0.293 e. The lowest BCUT2D eigenvalue weighted by molar-refractivity contribution is 0.0975. The van der Waals surface area contributed by atoms with Gasteiger partial charge in [0, 0.05) is 18.8 Å². The van der Waals surface area contributed by atoms with Crippen LogP contribution in [-0.2, 0) is 6.42 Å². The van der Waals surface area contributed by atoms with E-state index in [4.69, 9.17) is 11.6 Å². The molecule has 0 saturated heterocycles. The topological polar surface area (TPSA) is 47.3 Å². The van der Waals surface area contributed by atoms with Gasteiger partial charge in [0.25, 0.3) is 0 Å². The first kappa shape index (κ1) is 12.0. The standard InChI is InChI=1S/C12H14ClN3O/c1-3-5-9(17)10-8(4-2)15-12-11(13)14-6-7-16(10)12/h6-7H,3-5H2,1-2H3. The van der Waals surface area contributed by atoms with Crippen LogP contribution in [0, 0.1) is 0 Å². The number of imidazole rings is 1. The lowest BCUT2D eigenvalue weighted by Crippen LogP contribution is -2.06. The van der Waals surface area contributed by atoms with Gasteiger partial charge in [-0.1, -0.05) is 25.4 Å². The number of rotatable bonds is 4. The molecule has 0 aliphatic heterocycles. The van der Waals surface area contributed by atoms with Crippen molar-refractivity contribution in [3.05, 3.63) is 28.9 Å². The number of carbonyl (C=O) groups is 1. The highest BCUT2D eigenvalue weighted by molar-refractivity contribution is 6.32. The molecule has 0 aromatic carbocycles. The Morgan fingerprint density at radius 1 is 1.47 bits per heavy atom. The summed E-state index contributed by atoms with van der Waals surface area (Å²) < 4.78 is 1.74. The van der Waals surface area contributed by atoms with Crippen molar-refractivity contribution in [2.24, 2.45) is 0 Å². The van der Waals surface area contributed by atoms with Gasteiger partial charge in [-0.25, -0.2) is 9.97 Å². The number of nitrogens with zero attached hydrogens (tertiary/aromatic N) is 3. The Bertz CT molecular complexity index is 562. The van der Waals surface area contributed by atoms with Crippen LogP contribution < -0.4 is 0 Å². The van der Waals surface area contributed by atoms with Crippen molar-refractivity contribution in [2.45, 2.75) is 33.1 Å². The molecule has 0 aliphatic carbocycles. The number of carbonyl (C=O) groups excluding carboxylic acids is 1. The second-order valence-corrected chi connectivity index (χ2v) is 4.20. The van der Waals surface area contributed by atoms with Crippen LogP contribution in [0.1, 0.15) is 42.9 Å². The van der Waals surface area contributed by atoms with Gasteiger partial charge in [-0.05, 0) is 12.8 Å². The van der Waals surface area contributed by atoms with Crippen LogP contribution in [-0.4, -0.2) is 20.2 Å². The molecule has 0 atom stereocenters. The number of fused-ring (bicyclic) bond motifs is 1. The second kappa shape index (κ2) is 4.84. The van der Waals surface area contributed by atoms with Gasteiger partial charge in [0.15, 0.2) is 16.6 Å². The van der Waals surface area contributed by atoms with Crippen molar-refractivity contribution in [3.63, 3.8) is 0 Å². The van der Waals surface area contributed by atoms with Crippen molar-refractivity contribution in [1.82, 2.24) is 14.4 Å². The Morgan fingerprint density at radius 2 is 2.24 bits per heavy atom. The summed E-state index contributed by atoms with van der Waals surface area (Å²) in [6, 6.07) is 0. The molecule has 90 valence electrons. The van der Waals surface area contributed by atoms with Gasteiger partial charge >= 0.3 is 0 Å². The monoisotopic (exact) mass is 251 g/mol. The van der Waals surface area contributed by atoms with Crippen LogP contribution in [0.2, 0.25) is 5.15 Å². The average Bonchev–Trinajstić information content (AvgIpc) is 2.69. The Kier molecular flexibility index (Phi) is 3.43. The molecule has 0 radical (unpaired) electrons. The molecule has 5 heteroatoms. The Balaban J connectivity index is 2.67. The molecule has 0 spiro atoms. The lowest BCUT2D eigenvalue weighted by atomic mass is 10.1. The fraction of sp³-hybridized carbons (Fsp3) is 0.417. The normalized spacial score (nSPS) is 11.0. The van der Waals surface area contributed by atoms with E-state index in [0.29, 0.717) is 29.3 Å². The first-order valence-electron chi connectivity index (χ1n) is 5.73. The third kappa shape index (κ3) is 2.05. The molecule has 0 bridgehead atoms. The van der Waals surface area contributed by atoms with E-state index >= 15 is 0 Å². The second-order valence-electron chi connectivity index (χ2n) is 3.85. The van der Waals surface area contributed by atoms with E-state index in [0.717, 1.165) is 12.1 Å². The molecule has 2 heterocycles. The van der Waals surface area contributed by atoms with E-state index in [2.05, 4.69) is 9.97 Å². The maximum absolute atomic E-state index is 12.1. The zero-order valence-corrected chi connectivity index (χ0v) is 10.7. The average molecular weight is 252 g/mol. The number of aromatic nitrogens is 3.